The second-order valence-corrected chi connectivity index (χ2v) is 11.8. The summed E-state index contributed by atoms with van der Waals surface area (Å²) >= 11 is 0. The molecule has 44 heavy (non-hydrogen) atoms. The third-order valence-electron chi connectivity index (χ3n) is 8.53. The molecule has 0 amide bonds. The van der Waals surface area contributed by atoms with Crippen LogP contribution in [0.5, 0.6) is 0 Å². The van der Waals surface area contributed by atoms with Crippen LogP contribution in [0.25, 0.3) is 22.3 Å². The van der Waals surface area contributed by atoms with Crippen molar-refractivity contribution in [1.82, 2.24) is 30.1 Å². The Balaban J connectivity index is 1.40. The summed E-state index contributed by atoms with van der Waals surface area (Å²) in [6.45, 7) is 7.86. The molecule has 0 unspecified atom stereocenters. The number of benzene rings is 1. The van der Waals surface area contributed by atoms with Gasteiger partial charge in [0.2, 0.25) is 0 Å². The molecular weight excluding hydrogens is 567 g/mol. The number of likely N-dealkylation sites (tertiary alicyclic amines) is 1. The summed E-state index contributed by atoms with van der Waals surface area (Å²) in [5.74, 6) is 6.78. The number of nitrogens with two attached hydrogens (primary N) is 2. The maximum Gasteiger partial charge on any atom is 0.506 e. The minimum absolute atomic E-state index is 0.212. The second-order valence-electron chi connectivity index (χ2n) is 11.8. The molecule has 0 spiro atoms. The van der Waals surface area contributed by atoms with Crippen LogP contribution in [0.4, 0.5) is 9.18 Å². The Labute approximate surface area is 255 Å². The number of hydrogen-bond acceptors (Lipinski definition) is 10. The number of ether oxygens (including phenoxy) is 1. The molecule has 7 N–H and O–H groups in total. The predicted molar refractivity (Wildman–Crippen MR) is 166 cm³/mol. The largest absolute Gasteiger partial charge is 0.506 e. The zero-order chi connectivity index (χ0) is 31.5. The summed E-state index contributed by atoms with van der Waals surface area (Å²) in [5, 5.41) is 17.7. The minimum Gasteiger partial charge on any atom is -0.450 e. The maximum atomic E-state index is 14.7. The molecule has 0 bridgehead atoms. The number of piperidine rings is 1. The Hall–Kier alpha value is -4.04. The molecule has 0 atom stereocenters. The highest BCUT2D eigenvalue weighted by atomic mass is 19.1. The first-order chi connectivity index (χ1) is 21.0. The number of halogens is 1. The van der Waals surface area contributed by atoms with Gasteiger partial charge in [0.25, 0.3) is 5.56 Å². The van der Waals surface area contributed by atoms with Gasteiger partial charge >= 0.3 is 6.16 Å². The normalized spacial score (nSPS) is 15.4. The average molecular weight is 609 g/mol. The van der Waals surface area contributed by atoms with Gasteiger partial charge in [0, 0.05) is 42.1 Å². The molecule has 13 heteroatoms. The number of carbonyl (C=O) groups is 1. The zero-order valence-electron chi connectivity index (χ0n) is 25.5. The molecule has 12 nitrogen and oxygen atoms in total. The SMILES string of the molecule is CNCNCC1CCN(C/C(N)=C/N(N)Cc2c3c(nc4cc(F)c(C)cc24)-c2cc(C)c(COC(=O)O)c(=O)n2C3)CC1. The van der Waals surface area contributed by atoms with Crippen LogP contribution in [0.2, 0.25) is 0 Å². The second kappa shape index (κ2) is 13.3. The maximum absolute atomic E-state index is 14.7. The number of fused-ring (bicyclic) bond motifs is 4. The topological polar surface area (TPSA) is 164 Å². The van der Waals surface area contributed by atoms with Crippen molar-refractivity contribution >= 4 is 17.1 Å². The lowest BCUT2D eigenvalue weighted by Gasteiger charge is -2.32. The van der Waals surface area contributed by atoms with Gasteiger partial charge in [-0.15, -0.1) is 0 Å². The molecule has 5 rings (SSSR count). The molecular formula is C31H41FN8O4. The number of rotatable bonds is 11. The van der Waals surface area contributed by atoms with Crippen LogP contribution in [0.1, 0.15) is 40.7 Å². The van der Waals surface area contributed by atoms with E-state index in [-0.39, 0.29) is 36.6 Å². The number of aromatic nitrogens is 2. The number of aryl methyl sites for hydroxylation is 2. The van der Waals surface area contributed by atoms with Crippen molar-refractivity contribution in [2.45, 2.75) is 46.4 Å². The summed E-state index contributed by atoms with van der Waals surface area (Å²) < 4.78 is 20.9. The summed E-state index contributed by atoms with van der Waals surface area (Å²) in [5.41, 5.74) is 11.3. The van der Waals surface area contributed by atoms with E-state index < -0.39 is 6.16 Å². The first-order valence-electron chi connectivity index (χ1n) is 14.8. The Morgan fingerprint density at radius 2 is 1.98 bits per heavy atom. The summed E-state index contributed by atoms with van der Waals surface area (Å²) in [4.78, 5) is 31.5. The van der Waals surface area contributed by atoms with Gasteiger partial charge in [-0.1, -0.05) is 0 Å². The Morgan fingerprint density at radius 3 is 2.68 bits per heavy atom. The highest BCUT2D eigenvalue weighted by molar-refractivity contribution is 5.88. The van der Waals surface area contributed by atoms with Gasteiger partial charge in [-0.2, -0.15) is 0 Å². The molecule has 0 saturated carbocycles. The van der Waals surface area contributed by atoms with E-state index in [0.717, 1.165) is 55.7 Å². The van der Waals surface area contributed by atoms with E-state index in [4.69, 9.17) is 26.4 Å². The molecule has 1 aromatic carbocycles. The Morgan fingerprint density at radius 1 is 1.23 bits per heavy atom. The van der Waals surface area contributed by atoms with Gasteiger partial charge in [0.05, 0.1) is 35.6 Å². The summed E-state index contributed by atoms with van der Waals surface area (Å²) in [6.07, 6.45) is 2.48. The molecule has 1 fully saturated rings. The summed E-state index contributed by atoms with van der Waals surface area (Å²) in [7, 11) is 1.93. The first-order valence-corrected chi connectivity index (χ1v) is 14.8. The molecule has 2 aromatic heterocycles. The Bertz CT molecular complexity index is 1650. The minimum atomic E-state index is -1.46. The van der Waals surface area contributed by atoms with Crippen molar-refractivity contribution in [3.63, 3.8) is 0 Å². The van der Waals surface area contributed by atoms with Crippen LogP contribution in [0.15, 0.2) is 34.9 Å². The van der Waals surface area contributed by atoms with Crippen LogP contribution in [0.3, 0.4) is 0 Å². The van der Waals surface area contributed by atoms with Crippen LogP contribution in [-0.2, 0) is 24.4 Å². The summed E-state index contributed by atoms with van der Waals surface area (Å²) in [6, 6.07) is 4.95. The number of nitrogens with one attached hydrogen (secondary N) is 2. The van der Waals surface area contributed by atoms with Gasteiger partial charge in [-0.05, 0) is 88.1 Å². The number of carboxylic acid groups (broad SMARTS) is 1. The van der Waals surface area contributed by atoms with Crippen molar-refractivity contribution in [3.8, 4) is 11.4 Å². The lowest BCUT2D eigenvalue weighted by atomic mass is 9.97. The fourth-order valence-electron chi connectivity index (χ4n) is 6.18. The number of pyridine rings is 2. The number of nitrogens with zero attached hydrogens (tertiary/aromatic N) is 4. The Kier molecular flexibility index (Phi) is 9.49. The zero-order valence-corrected chi connectivity index (χ0v) is 25.5. The van der Waals surface area contributed by atoms with Crippen LogP contribution in [-0.4, -0.2) is 70.6 Å². The van der Waals surface area contributed by atoms with Crippen molar-refractivity contribution in [2.75, 3.05) is 39.9 Å². The third kappa shape index (κ3) is 6.70. The standard InChI is InChI=1S/C31H41FN8O4/c1-18-9-28-29-24(15-40(28)30(41)25(18)16-44-31(42)43)23(22-8-19(2)26(32)10-27(22)37-29)14-39(34)13-21(33)12-38-6-4-20(5-7-38)11-36-17-35-3/h8-10,13,20,35-36H,4-7,11-12,14-17,33-34H2,1-3H3,(H,42,43)/b21-13-. The van der Waals surface area contributed by atoms with E-state index in [0.29, 0.717) is 46.2 Å². The van der Waals surface area contributed by atoms with Gasteiger partial charge < -0.3 is 35.8 Å². The molecule has 2 aliphatic rings. The fourth-order valence-corrected chi connectivity index (χ4v) is 6.18. The monoisotopic (exact) mass is 608 g/mol. The molecule has 1 saturated heterocycles. The van der Waals surface area contributed by atoms with Crippen LogP contribution >= 0.6 is 0 Å². The third-order valence-corrected chi connectivity index (χ3v) is 8.53. The number of hydrogen-bond donors (Lipinski definition) is 5. The van der Waals surface area contributed by atoms with E-state index in [2.05, 4.69) is 15.5 Å². The van der Waals surface area contributed by atoms with Crippen LogP contribution in [0, 0.1) is 25.6 Å². The van der Waals surface area contributed by atoms with Crippen molar-refractivity contribution < 1.29 is 19.0 Å². The van der Waals surface area contributed by atoms with Crippen LogP contribution < -0.4 is 27.8 Å². The quantitative estimate of drug-likeness (QED) is 0.0558. The van der Waals surface area contributed by atoms with E-state index in [1.165, 1.54) is 11.1 Å². The highest BCUT2D eigenvalue weighted by Crippen LogP contribution is 2.37. The lowest BCUT2D eigenvalue weighted by Crippen LogP contribution is -2.40. The van der Waals surface area contributed by atoms with Crippen molar-refractivity contribution in [2.24, 2.45) is 17.5 Å². The smallest absolute Gasteiger partial charge is 0.450 e. The van der Waals surface area contributed by atoms with Gasteiger partial charge in [0.15, 0.2) is 0 Å². The molecule has 2 aliphatic heterocycles. The first kappa shape index (κ1) is 31.4. The van der Waals surface area contributed by atoms with Gasteiger partial charge in [-0.3, -0.25) is 9.69 Å². The van der Waals surface area contributed by atoms with Crippen molar-refractivity contribution in [1.29, 1.82) is 0 Å². The predicted octanol–water partition coefficient (Wildman–Crippen LogP) is 2.33. The van der Waals surface area contributed by atoms with Gasteiger partial charge in [-0.25, -0.2) is 20.0 Å². The van der Waals surface area contributed by atoms with E-state index >= 15 is 0 Å². The average Bonchev–Trinajstić information content (AvgIpc) is 3.33. The molecule has 236 valence electrons. The lowest BCUT2D eigenvalue weighted by molar-refractivity contribution is 0.0848. The highest BCUT2D eigenvalue weighted by Gasteiger charge is 2.29. The fraction of sp³-hybridized carbons (Fsp3) is 0.452. The van der Waals surface area contributed by atoms with E-state index in [1.54, 1.807) is 36.7 Å². The molecule has 0 radical (unpaired) electrons. The molecule has 0 aliphatic carbocycles. The van der Waals surface area contributed by atoms with Crippen molar-refractivity contribution in [3.05, 3.63) is 74.1 Å². The number of hydrazine groups is 1. The van der Waals surface area contributed by atoms with Gasteiger partial charge in [0.1, 0.15) is 12.4 Å². The molecule has 3 aromatic rings. The molecule has 4 heterocycles. The van der Waals surface area contributed by atoms with E-state index in [9.17, 15) is 14.0 Å². The van der Waals surface area contributed by atoms with E-state index in [1.807, 2.05) is 7.05 Å².